The van der Waals surface area contributed by atoms with Crippen LogP contribution in [0.4, 0.5) is 5.95 Å². The summed E-state index contributed by atoms with van der Waals surface area (Å²) in [4.78, 5) is 15.4. The zero-order valence-electron chi connectivity index (χ0n) is 11.9. The van der Waals surface area contributed by atoms with Crippen molar-refractivity contribution in [3.05, 3.63) is 41.4 Å². The van der Waals surface area contributed by atoms with Crippen LogP contribution in [0.3, 0.4) is 0 Å². The first kappa shape index (κ1) is 13.9. The molecular formula is C14H14N4O4. The molecule has 0 fully saturated rings. The van der Waals surface area contributed by atoms with Crippen LogP contribution in [0, 0.1) is 6.92 Å². The Balaban J connectivity index is 2.18. The van der Waals surface area contributed by atoms with Gasteiger partial charge in [0.25, 0.3) is 0 Å². The Morgan fingerprint density at radius 3 is 2.91 bits per heavy atom. The molecule has 8 nitrogen and oxygen atoms in total. The van der Waals surface area contributed by atoms with Gasteiger partial charge in [-0.25, -0.2) is 9.48 Å². The number of hydrogen-bond acceptors (Lipinski definition) is 6. The zero-order chi connectivity index (χ0) is 15.9. The molecular weight excluding hydrogens is 288 g/mol. The predicted molar refractivity (Wildman–Crippen MR) is 76.9 cm³/mol. The van der Waals surface area contributed by atoms with Gasteiger partial charge in [-0.2, -0.15) is 10.1 Å². The molecule has 2 aromatic rings. The Bertz CT molecular complexity index is 781. The van der Waals surface area contributed by atoms with Crippen LogP contribution in [0.25, 0.3) is 0 Å². The van der Waals surface area contributed by atoms with Crippen molar-refractivity contribution in [2.24, 2.45) is 0 Å². The summed E-state index contributed by atoms with van der Waals surface area (Å²) in [6.07, 6.45) is 1.47. The fourth-order valence-electron chi connectivity index (χ4n) is 2.39. The largest absolute Gasteiger partial charge is 0.504 e. The lowest BCUT2D eigenvalue weighted by atomic mass is 10.0. The molecule has 0 spiro atoms. The number of phenolic OH excluding ortho intramolecular Hbond substituents is 1. The summed E-state index contributed by atoms with van der Waals surface area (Å²) >= 11 is 0. The quantitative estimate of drug-likeness (QED) is 0.783. The van der Waals surface area contributed by atoms with Gasteiger partial charge in [0.1, 0.15) is 17.6 Å². The molecule has 3 N–H and O–H groups in total. The summed E-state index contributed by atoms with van der Waals surface area (Å²) in [6, 6.07) is 4.42. The number of benzene rings is 1. The minimum atomic E-state index is -1.11. The van der Waals surface area contributed by atoms with Crippen LogP contribution in [0.2, 0.25) is 0 Å². The highest BCUT2D eigenvalue weighted by atomic mass is 16.5. The number of methoxy groups -OCH3 is 1. The number of carboxylic acids is 1. The van der Waals surface area contributed by atoms with Crippen molar-refractivity contribution in [2.75, 3.05) is 12.4 Å². The Kier molecular flexibility index (Phi) is 3.21. The lowest BCUT2D eigenvalue weighted by Gasteiger charge is -2.23. The number of nitrogens with zero attached hydrogens (tertiary/aromatic N) is 3. The van der Waals surface area contributed by atoms with Crippen LogP contribution < -0.4 is 10.1 Å². The van der Waals surface area contributed by atoms with Crippen molar-refractivity contribution in [1.82, 2.24) is 14.8 Å². The number of para-hydroxylation sites is 1. The lowest BCUT2D eigenvalue weighted by Crippen LogP contribution is -2.24. The van der Waals surface area contributed by atoms with E-state index in [1.165, 1.54) is 17.9 Å². The van der Waals surface area contributed by atoms with Crippen molar-refractivity contribution in [1.29, 1.82) is 0 Å². The standard InChI is InChI=1S/C14H14N4O4/c1-7-15-14-16-9(13(20)21)6-10(18(14)17-7)8-4-3-5-11(22-2)12(8)19/h3-6,10,19H,1-2H3,(H,20,21)(H,15,16,17)/t10-/m0/s1. The number of hydrogen-bond donors (Lipinski definition) is 3. The van der Waals surface area contributed by atoms with Crippen LogP contribution >= 0.6 is 0 Å². The number of ether oxygens (including phenoxy) is 1. The molecule has 2 heterocycles. The van der Waals surface area contributed by atoms with Gasteiger partial charge in [-0.05, 0) is 19.1 Å². The number of nitrogens with one attached hydrogen (secondary N) is 1. The van der Waals surface area contributed by atoms with Crippen LogP contribution in [0.15, 0.2) is 30.0 Å². The second-order valence-electron chi connectivity index (χ2n) is 4.78. The van der Waals surface area contributed by atoms with E-state index in [-0.39, 0.29) is 11.4 Å². The molecule has 0 unspecified atom stereocenters. The van der Waals surface area contributed by atoms with E-state index in [9.17, 15) is 15.0 Å². The number of carboxylic acid groups (broad SMARTS) is 1. The van der Waals surface area contributed by atoms with E-state index in [1.54, 1.807) is 25.1 Å². The maximum Gasteiger partial charge on any atom is 0.352 e. The molecule has 0 saturated carbocycles. The highest BCUT2D eigenvalue weighted by Crippen LogP contribution is 2.38. The smallest absolute Gasteiger partial charge is 0.352 e. The van der Waals surface area contributed by atoms with E-state index >= 15 is 0 Å². The van der Waals surface area contributed by atoms with E-state index in [4.69, 9.17) is 4.74 Å². The molecule has 1 aliphatic rings. The Hall–Kier alpha value is -3.03. The summed E-state index contributed by atoms with van der Waals surface area (Å²) < 4.78 is 6.62. The van der Waals surface area contributed by atoms with Gasteiger partial charge in [0, 0.05) is 5.56 Å². The first-order chi connectivity index (χ1) is 10.5. The summed E-state index contributed by atoms with van der Waals surface area (Å²) in [5, 5.41) is 26.5. The van der Waals surface area contributed by atoms with Gasteiger partial charge in [-0.3, -0.25) is 0 Å². The minimum absolute atomic E-state index is 0.0212. The third-order valence-corrected chi connectivity index (χ3v) is 3.37. The molecule has 8 heteroatoms. The highest BCUT2D eigenvalue weighted by Gasteiger charge is 2.28. The molecule has 0 saturated heterocycles. The Morgan fingerprint density at radius 2 is 2.23 bits per heavy atom. The Labute approximate surface area is 125 Å². The van der Waals surface area contributed by atoms with Gasteiger partial charge in [0.05, 0.1) is 7.11 Å². The molecule has 1 aliphatic heterocycles. The maximum absolute atomic E-state index is 11.3. The molecule has 114 valence electrons. The molecule has 0 bridgehead atoms. The third kappa shape index (κ3) is 2.14. The predicted octanol–water partition coefficient (Wildman–Crippen LogP) is 1.28. The van der Waals surface area contributed by atoms with Crippen LogP contribution in [0.1, 0.15) is 17.4 Å². The van der Waals surface area contributed by atoms with Crippen molar-refractivity contribution in [2.45, 2.75) is 13.0 Å². The van der Waals surface area contributed by atoms with Gasteiger partial charge in [-0.15, -0.1) is 0 Å². The van der Waals surface area contributed by atoms with Crippen molar-refractivity contribution in [3.63, 3.8) is 0 Å². The Morgan fingerprint density at radius 1 is 1.45 bits per heavy atom. The number of aromatic nitrogens is 3. The highest BCUT2D eigenvalue weighted by molar-refractivity contribution is 5.90. The monoisotopic (exact) mass is 302 g/mol. The molecule has 3 rings (SSSR count). The normalized spacial score (nSPS) is 16.5. The number of anilines is 1. The number of rotatable bonds is 3. The summed E-state index contributed by atoms with van der Waals surface area (Å²) in [7, 11) is 1.45. The summed E-state index contributed by atoms with van der Waals surface area (Å²) in [6.45, 7) is 1.70. The van der Waals surface area contributed by atoms with E-state index in [2.05, 4.69) is 15.4 Å². The molecule has 1 aromatic carbocycles. The van der Waals surface area contributed by atoms with E-state index in [0.717, 1.165) is 0 Å². The van der Waals surface area contributed by atoms with Gasteiger partial charge in [0.2, 0.25) is 5.95 Å². The number of fused-ring (bicyclic) bond motifs is 1. The lowest BCUT2D eigenvalue weighted by molar-refractivity contribution is -0.132. The van der Waals surface area contributed by atoms with Gasteiger partial charge >= 0.3 is 5.97 Å². The third-order valence-electron chi connectivity index (χ3n) is 3.37. The van der Waals surface area contributed by atoms with Gasteiger partial charge in [0.15, 0.2) is 11.5 Å². The molecule has 1 atom stereocenters. The first-order valence-electron chi connectivity index (χ1n) is 6.52. The van der Waals surface area contributed by atoms with Gasteiger partial charge in [-0.1, -0.05) is 12.1 Å². The average molecular weight is 302 g/mol. The minimum Gasteiger partial charge on any atom is -0.504 e. The van der Waals surface area contributed by atoms with Crippen molar-refractivity contribution in [3.8, 4) is 11.5 Å². The number of aliphatic carboxylic acids is 1. The SMILES string of the molecule is COc1cccc([C@@H]2C=C(C(=O)O)Nc3nc(C)nn32)c1O. The van der Waals surface area contributed by atoms with E-state index < -0.39 is 12.0 Å². The van der Waals surface area contributed by atoms with E-state index in [1.807, 2.05) is 0 Å². The van der Waals surface area contributed by atoms with Crippen LogP contribution in [-0.4, -0.2) is 38.1 Å². The maximum atomic E-state index is 11.3. The van der Waals surface area contributed by atoms with Crippen LogP contribution in [0.5, 0.6) is 11.5 Å². The van der Waals surface area contributed by atoms with Crippen LogP contribution in [-0.2, 0) is 4.79 Å². The fourth-order valence-corrected chi connectivity index (χ4v) is 2.39. The summed E-state index contributed by atoms with van der Waals surface area (Å²) in [5.74, 6) is -0.0597. The first-order valence-corrected chi connectivity index (χ1v) is 6.52. The van der Waals surface area contributed by atoms with Crippen molar-refractivity contribution < 1.29 is 19.7 Å². The molecule has 0 radical (unpaired) electrons. The molecule has 1 aromatic heterocycles. The topological polar surface area (TPSA) is 110 Å². The summed E-state index contributed by atoms with van der Waals surface area (Å²) in [5.41, 5.74) is 0.456. The molecule has 0 amide bonds. The molecule has 22 heavy (non-hydrogen) atoms. The second-order valence-corrected chi connectivity index (χ2v) is 4.78. The van der Waals surface area contributed by atoms with Gasteiger partial charge < -0.3 is 20.3 Å². The number of aryl methyl sites for hydroxylation is 1. The zero-order valence-corrected chi connectivity index (χ0v) is 11.9. The molecule has 0 aliphatic carbocycles. The second kappa shape index (κ2) is 5.06. The number of phenols is 1. The average Bonchev–Trinajstić information content (AvgIpc) is 2.86. The fraction of sp³-hybridized carbons (Fsp3) is 0.214. The number of carbonyl (C=O) groups is 1. The number of aromatic hydroxyl groups is 1. The van der Waals surface area contributed by atoms with Crippen molar-refractivity contribution >= 4 is 11.9 Å². The number of allylic oxidation sites excluding steroid dienone is 1. The van der Waals surface area contributed by atoms with E-state index in [0.29, 0.717) is 23.1 Å².